The van der Waals surface area contributed by atoms with E-state index in [0.717, 1.165) is 0 Å². The normalized spacial score (nSPS) is 11.7. The summed E-state index contributed by atoms with van der Waals surface area (Å²) in [6.07, 6.45) is -3.76. The summed E-state index contributed by atoms with van der Waals surface area (Å²) in [6, 6.07) is 6.63. The molecule has 7 heteroatoms. The molecular weight excluding hydrogens is 271 g/mol. The van der Waals surface area contributed by atoms with Crippen LogP contribution in [-0.4, -0.2) is 43.7 Å². The van der Waals surface area contributed by atoms with Crippen molar-refractivity contribution in [1.29, 1.82) is 0 Å². The molecule has 0 bridgehead atoms. The Morgan fingerprint density at radius 3 is 2.60 bits per heavy atom. The highest BCUT2D eigenvalue weighted by Crippen LogP contribution is 2.15. The molecule has 0 spiro atoms. The van der Waals surface area contributed by atoms with E-state index in [0.29, 0.717) is 24.2 Å². The number of hydrogen-bond donors (Lipinski definition) is 2. The van der Waals surface area contributed by atoms with E-state index in [1.54, 1.807) is 24.3 Å². The second-order valence-electron chi connectivity index (χ2n) is 4.55. The third kappa shape index (κ3) is 5.92. The second kappa shape index (κ2) is 7.14. The van der Waals surface area contributed by atoms with Gasteiger partial charge in [0.25, 0.3) is 5.91 Å². The van der Waals surface area contributed by atoms with Gasteiger partial charge in [-0.2, -0.15) is 13.2 Å². The zero-order chi connectivity index (χ0) is 15.2. The van der Waals surface area contributed by atoms with Crippen molar-refractivity contribution < 1.29 is 18.0 Å². The summed E-state index contributed by atoms with van der Waals surface area (Å²) in [5, 5.41) is 2.63. The van der Waals surface area contributed by atoms with Crippen LogP contribution in [0.1, 0.15) is 16.8 Å². The molecule has 1 aromatic carbocycles. The lowest BCUT2D eigenvalue weighted by Crippen LogP contribution is -2.33. The van der Waals surface area contributed by atoms with Crippen molar-refractivity contribution in [2.24, 2.45) is 0 Å². The number of halogens is 3. The first-order valence-electron chi connectivity index (χ1n) is 6.17. The molecule has 0 aliphatic heterocycles. The number of carbonyl (C=O) groups is 1. The highest BCUT2D eigenvalue weighted by atomic mass is 19.4. The van der Waals surface area contributed by atoms with Crippen LogP contribution in [0.2, 0.25) is 0 Å². The van der Waals surface area contributed by atoms with Crippen LogP contribution in [0.5, 0.6) is 0 Å². The average Bonchev–Trinajstić information content (AvgIpc) is 2.33. The maximum absolute atomic E-state index is 12.1. The van der Waals surface area contributed by atoms with Crippen LogP contribution in [0.4, 0.5) is 18.9 Å². The topological polar surface area (TPSA) is 58.4 Å². The van der Waals surface area contributed by atoms with Gasteiger partial charge >= 0.3 is 6.18 Å². The minimum absolute atomic E-state index is 0.254. The molecule has 0 saturated heterocycles. The number of benzene rings is 1. The summed E-state index contributed by atoms with van der Waals surface area (Å²) >= 11 is 0. The number of alkyl halides is 3. The van der Waals surface area contributed by atoms with Crippen LogP contribution < -0.4 is 11.1 Å². The van der Waals surface area contributed by atoms with E-state index in [1.807, 2.05) is 0 Å². The highest BCUT2D eigenvalue weighted by Gasteiger charge is 2.28. The van der Waals surface area contributed by atoms with Crippen LogP contribution in [0.15, 0.2) is 24.3 Å². The Morgan fingerprint density at radius 2 is 2.00 bits per heavy atom. The fourth-order valence-electron chi connectivity index (χ4n) is 1.74. The molecule has 0 radical (unpaired) electrons. The first-order chi connectivity index (χ1) is 9.29. The summed E-state index contributed by atoms with van der Waals surface area (Å²) < 4.78 is 36.3. The maximum Gasteiger partial charge on any atom is 0.401 e. The minimum Gasteiger partial charge on any atom is -0.398 e. The van der Waals surface area contributed by atoms with E-state index in [-0.39, 0.29) is 12.5 Å². The lowest BCUT2D eigenvalue weighted by Gasteiger charge is -2.18. The molecule has 1 amide bonds. The summed E-state index contributed by atoms with van der Waals surface area (Å²) in [4.78, 5) is 12.9. The molecule has 0 atom stereocenters. The van der Waals surface area contributed by atoms with Gasteiger partial charge in [0.15, 0.2) is 0 Å². The van der Waals surface area contributed by atoms with E-state index in [4.69, 9.17) is 5.73 Å². The molecule has 112 valence electrons. The summed E-state index contributed by atoms with van der Waals surface area (Å²) in [5.41, 5.74) is 6.39. The minimum atomic E-state index is -4.20. The van der Waals surface area contributed by atoms with Gasteiger partial charge in [-0.3, -0.25) is 9.69 Å². The van der Waals surface area contributed by atoms with Crippen molar-refractivity contribution in [1.82, 2.24) is 10.2 Å². The predicted octanol–water partition coefficient (Wildman–Crippen LogP) is 1.88. The Bertz CT molecular complexity index is 449. The number of nitrogens with two attached hydrogens (primary N) is 1. The molecule has 4 nitrogen and oxygen atoms in total. The van der Waals surface area contributed by atoms with E-state index in [1.165, 1.54) is 11.9 Å². The fourth-order valence-corrected chi connectivity index (χ4v) is 1.74. The van der Waals surface area contributed by atoms with Crippen molar-refractivity contribution in [3.05, 3.63) is 29.8 Å². The molecule has 20 heavy (non-hydrogen) atoms. The Kier molecular flexibility index (Phi) is 5.82. The largest absolute Gasteiger partial charge is 0.401 e. The number of para-hydroxylation sites is 1. The molecule has 0 unspecified atom stereocenters. The van der Waals surface area contributed by atoms with Crippen molar-refractivity contribution in [2.45, 2.75) is 12.6 Å². The van der Waals surface area contributed by atoms with E-state index in [2.05, 4.69) is 5.32 Å². The standard InChI is InChI=1S/C13H18F3N3O/c1-19(9-13(14,15)16)8-4-7-18-12(20)10-5-2-3-6-11(10)17/h2-3,5-6H,4,7-9,17H2,1H3,(H,18,20). The number of hydrogen-bond acceptors (Lipinski definition) is 3. The summed E-state index contributed by atoms with van der Waals surface area (Å²) in [6.45, 7) is -0.397. The molecule has 0 heterocycles. The molecule has 1 rings (SSSR count). The first-order valence-corrected chi connectivity index (χ1v) is 6.17. The molecule has 0 aliphatic carbocycles. The van der Waals surface area contributed by atoms with Gasteiger partial charge in [-0.1, -0.05) is 12.1 Å². The van der Waals surface area contributed by atoms with Crippen molar-refractivity contribution in [2.75, 3.05) is 32.4 Å². The van der Waals surface area contributed by atoms with Crippen LogP contribution in [0, 0.1) is 0 Å². The smallest absolute Gasteiger partial charge is 0.398 e. The molecule has 3 N–H and O–H groups in total. The zero-order valence-corrected chi connectivity index (χ0v) is 11.2. The molecule has 0 aromatic heterocycles. The maximum atomic E-state index is 12.1. The van der Waals surface area contributed by atoms with Crippen LogP contribution in [0.3, 0.4) is 0 Å². The molecule has 1 aromatic rings. The third-order valence-electron chi connectivity index (χ3n) is 2.66. The van der Waals surface area contributed by atoms with E-state index in [9.17, 15) is 18.0 Å². The molecular formula is C13H18F3N3O. The van der Waals surface area contributed by atoms with Gasteiger partial charge in [0.2, 0.25) is 0 Å². The fraction of sp³-hybridized carbons (Fsp3) is 0.462. The summed E-state index contributed by atoms with van der Waals surface area (Å²) in [7, 11) is 1.39. The van der Waals surface area contributed by atoms with Gasteiger partial charge in [0.05, 0.1) is 12.1 Å². The quantitative estimate of drug-likeness (QED) is 0.621. The molecule has 0 fully saturated rings. The van der Waals surface area contributed by atoms with Crippen LogP contribution >= 0.6 is 0 Å². The second-order valence-corrected chi connectivity index (χ2v) is 4.55. The van der Waals surface area contributed by atoms with Crippen LogP contribution in [-0.2, 0) is 0 Å². The molecule has 0 saturated carbocycles. The van der Waals surface area contributed by atoms with Gasteiger partial charge in [-0.05, 0) is 32.1 Å². The monoisotopic (exact) mass is 289 g/mol. The Labute approximate surface area is 115 Å². The SMILES string of the molecule is CN(CCCNC(=O)c1ccccc1N)CC(F)(F)F. The van der Waals surface area contributed by atoms with E-state index >= 15 is 0 Å². The Hall–Kier alpha value is -1.76. The van der Waals surface area contributed by atoms with Crippen molar-refractivity contribution >= 4 is 11.6 Å². The average molecular weight is 289 g/mol. The van der Waals surface area contributed by atoms with Crippen molar-refractivity contribution in [3.63, 3.8) is 0 Å². The number of anilines is 1. The number of carbonyl (C=O) groups excluding carboxylic acids is 1. The lowest BCUT2D eigenvalue weighted by atomic mass is 10.1. The number of rotatable bonds is 6. The number of amides is 1. The van der Waals surface area contributed by atoms with Crippen molar-refractivity contribution in [3.8, 4) is 0 Å². The van der Waals surface area contributed by atoms with E-state index < -0.39 is 12.7 Å². The third-order valence-corrected chi connectivity index (χ3v) is 2.66. The molecule has 0 aliphatic rings. The van der Waals surface area contributed by atoms with Gasteiger partial charge < -0.3 is 11.1 Å². The van der Waals surface area contributed by atoms with Gasteiger partial charge in [-0.15, -0.1) is 0 Å². The number of nitrogens with zero attached hydrogens (tertiary/aromatic N) is 1. The Morgan fingerprint density at radius 1 is 1.35 bits per heavy atom. The summed E-state index contributed by atoms with van der Waals surface area (Å²) in [5.74, 6) is -0.318. The van der Waals surface area contributed by atoms with Crippen LogP contribution in [0.25, 0.3) is 0 Å². The lowest BCUT2D eigenvalue weighted by molar-refractivity contribution is -0.143. The number of nitrogen functional groups attached to an aromatic ring is 1. The van der Waals surface area contributed by atoms with Gasteiger partial charge in [0, 0.05) is 12.2 Å². The zero-order valence-electron chi connectivity index (χ0n) is 11.2. The Balaban J connectivity index is 2.28. The van der Waals surface area contributed by atoms with Gasteiger partial charge in [-0.25, -0.2) is 0 Å². The number of nitrogens with one attached hydrogen (secondary N) is 1. The highest BCUT2D eigenvalue weighted by molar-refractivity contribution is 5.98. The predicted molar refractivity (Wildman–Crippen MR) is 71.4 cm³/mol. The van der Waals surface area contributed by atoms with Gasteiger partial charge in [0.1, 0.15) is 0 Å². The first kappa shape index (κ1) is 16.3.